The van der Waals surface area contributed by atoms with Crippen LogP contribution in [0.15, 0.2) is 42.1 Å². The van der Waals surface area contributed by atoms with E-state index in [1.54, 1.807) is 20.1 Å². The fourth-order valence-corrected chi connectivity index (χ4v) is 6.43. The van der Waals surface area contributed by atoms with Gasteiger partial charge in [-0.15, -0.1) is 28.1 Å². The molecule has 1 aromatic carbocycles. The van der Waals surface area contributed by atoms with Gasteiger partial charge in [-0.05, 0) is 49.8 Å². The van der Waals surface area contributed by atoms with Gasteiger partial charge < -0.3 is 14.8 Å². The summed E-state index contributed by atoms with van der Waals surface area (Å²) in [4.78, 5) is 26.9. The average molecular weight is 527 g/mol. The first-order valence-electron chi connectivity index (χ1n) is 11.9. The second kappa shape index (κ2) is 11.7. The number of thioether (sulfide) groups is 1. The van der Waals surface area contributed by atoms with Crippen molar-refractivity contribution in [3.05, 3.63) is 52.9 Å². The summed E-state index contributed by atoms with van der Waals surface area (Å²) in [6.07, 6.45) is 4.51. The Kier molecular flexibility index (Phi) is 8.48. The fraction of sp³-hybridized carbons (Fsp3) is 0.385. The normalized spacial score (nSPS) is 14.7. The number of anilines is 1. The Morgan fingerprint density at radius 3 is 2.89 bits per heavy atom. The molecule has 1 atom stereocenters. The molecule has 1 unspecified atom stereocenters. The van der Waals surface area contributed by atoms with E-state index in [0.717, 1.165) is 35.3 Å². The van der Waals surface area contributed by atoms with Gasteiger partial charge in [-0.2, -0.15) is 0 Å². The molecular formula is C26H30N4O4S2. The summed E-state index contributed by atoms with van der Waals surface area (Å²) in [5.41, 5.74) is 2.34. The number of carbonyl (C=O) groups is 2. The number of esters is 1. The van der Waals surface area contributed by atoms with Crippen molar-refractivity contribution in [2.45, 2.75) is 44.8 Å². The maximum atomic E-state index is 13.0. The lowest BCUT2D eigenvalue weighted by Crippen LogP contribution is -2.18. The van der Waals surface area contributed by atoms with E-state index in [1.807, 2.05) is 28.8 Å². The first-order chi connectivity index (χ1) is 17.5. The Morgan fingerprint density at radius 1 is 1.33 bits per heavy atom. The molecule has 2 heterocycles. The van der Waals surface area contributed by atoms with E-state index < -0.39 is 0 Å². The molecule has 0 radical (unpaired) electrons. The topological polar surface area (TPSA) is 95.3 Å². The lowest BCUT2D eigenvalue weighted by molar-refractivity contribution is -0.113. The zero-order valence-electron chi connectivity index (χ0n) is 20.7. The molecule has 0 bridgehead atoms. The smallest absolute Gasteiger partial charge is 0.341 e. The molecule has 1 amide bonds. The van der Waals surface area contributed by atoms with Crippen LogP contribution in [0.25, 0.3) is 11.4 Å². The number of fused-ring (bicyclic) bond motifs is 1. The maximum absolute atomic E-state index is 13.0. The Labute approximate surface area is 219 Å². The van der Waals surface area contributed by atoms with Crippen LogP contribution in [0, 0.1) is 5.92 Å². The summed E-state index contributed by atoms with van der Waals surface area (Å²) in [5.74, 6) is 1.40. The van der Waals surface area contributed by atoms with Gasteiger partial charge in [0.05, 0.1) is 30.6 Å². The SMILES string of the molecule is C=CCn1c(SCC(=O)Nc2sc3c(c2C(=O)OCC)CCC(C)C3)nnc1-c1ccccc1OC. The lowest BCUT2D eigenvalue weighted by atomic mass is 9.88. The van der Waals surface area contributed by atoms with Gasteiger partial charge in [0.15, 0.2) is 11.0 Å². The van der Waals surface area contributed by atoms with E-state index in [-0.39, 0.29) is 24.2 Å². The first-order valence-corrected chi connectivity index (χ1v) is 13.7. The van der Waals surface area contributed by atoms with Crippen molar-refractivity contribution >= 4 is 40.0 Å². The third kappa shape index (κ3) is 5.49. The minimum atomic E-state index is -0.375. The van der Waals surface area contributed by atoms with Crippen molar-refractivity contribution in [2.24, 2.45) is 5.92 Å². The number of hydrogen-bond acceptors (Lipinski definition) is 8. The van der Waals surface area contributed by atoms with Crippen LogP contribution in [0.5, 0.6) is 5.75 Å². The van der Waals surface area contributed by atoms with Gasteiger partial charge in [0.25, 0.3) is 0 Å². The molecule has 0 fully saturated rings. The number of nitrogens with zero attached hydrogens (tertiary/aromatic N) is 3. The second-order valence-electron chi connectivity index (χ2n) is 8.52. The van der Waals surface area contributed by atoms with Crippen LogP contribution in [0.1, 0.15) is 41.1 Å². The summed E-state index contributed by atoms with van der Waals surface area (Å²) < 4.78 is 12.7. The summed E-state index contributed by atoms with van der Waals surface area (Å²) in [6, 6.07) is 7.59. The van der Waals surface area contributed by atoms with E-state index in [2.05, 4.69) is 29.0 Å². The Balaban J connectivity index is 1.53. The van der Waals surface area contributed by atoms with Gasteiger partial charge in [-0.1, -0.05) is 36.9 Å². The van der Waals surface area contributed by atoms with Crippen molar-refractivity contribution < 1.29 is 19.1 Å². The average Bonchev–Trinajstić information content (AvgIpc) is 3.43. The van der Waals surface area contributed by atoms with Crippen LogP contribution in [-0.4, -0.2) is 46.1 Å². The highest BCUT2D eigenvalue weighted by Crippen LogP contribution is 2.40. The molecule has 3 aromatic rings. The number of para-hydroxylation sites is 1. The number of hydrogen-bond donors (Lipinski definition) is 1. The van der Waals surface area contributed by atoms with E-state index in [1.165, 1.54) is 23.1 Å². The fourth-order valence-electron chi connectivity index (χ4n) is 4.27. The van der Waals surface area contributed by atoms with E-state index >= 15 is 0 Å². The number of benzene rings is 1. The third-order valence-corrected chi connectivity index (χ3v) is 8.09. The molecule has 1 N–H and O–H groups in total. The van der Waals surface area contributed by atoms with Crippen molar-refractivity contribution in [1.82, 2.24) is 14.8 Å². The number of amides is 1. The molecule has 1 aliphatic carbocycles. The highest BCUT2D eigenvalue weighted by Gasteiger charge is 2.29. The minimum Gasteiger partial charge on any atom is -0.496 e. The van der Waals surface area contributed by atoms with Gasteiger partial charge in [0.2, 0.25) is 5.91 Å². The van der Waals surface area contributed by atoms with Crippen LogP contribution >= 0.6 is 23.1 Å². The number of rotatable bonds is 10. The van der Waals surface area contributed by atoms with Gasteiger partial charge in [-0.25, -0.2) is 4.79 Å². The van der Waals surface area contributed by atoms with Gasteiger partial charge in [0, 0.05) is 11.4 Å². The van der Waals surface area contributed by atoms with Crippen molar-refractivity contribution in [1.29, 1.82) is 0 Å². The quantitative estimate of drug-likeness (QED) is 0.219. The summed E-state index contributed by atoms with van der Waals surface area (Å²) in [7, 11) is 1.61. The third-order valence-electron chi connectivity index (χ3n) is 5.95. The van der Waals surface area contributed by atoms with Crippen molar-refractivity contribution in [2.75, 3.05) is 24.8 Å². The molecule has 0 aliphatic heterocycles. The van der Waals surface area contributed by atoms with Crippen LogP contribution in [-0.2, 0) is 28.9 Å². The molecular weight excluding hydrogens is 496 g/mol. The zero-order valence-corrected chi connectivity index (χ0v) is 22.3. The number of methoxy groups -OCH3 is 1. The molecule has 2 aromatic heterocycles. The highest BCUT2D eigenvalue weighted by molar-refractivity contribution is 7.99. The number of nitrogens with one attached hydrogen (secondary N) is 1. The van der Waals surface area contributed by atoms with Crippen molar-refractivity contribution in [3.63, 3.8) is 0 Å². The van der Waals surface area contributed by atoms with Gasteiger partial charge >= 0.3 is 5.97 Å². The molecule has 1 aliphatic rings. The Bertz CT molecular complexity index is 1270. The molecule has 36 heavy (non-hydrogen) atoms. The summed E-state index contributed by atoms with van der Waals surface area (Å²) in [6.45, 7) is 8.61. The number of carbonyl (C=O) groups excluding carboxylic acids is 2. The number of aromatic nitrogens is 3. The van der Waals surface area contributed by atoms with Crippen LogP contribution < -0.4 is 10.1 Å². The second-order valence-corrected chi connectivity index (χ2v) is 10.6. The van der Waals surface area contributed by atoms with E-state index in [4.69, 9.17) is 9.47 Å². The number of allylic oxidation sites excluding steroid dienone is 1. The highest BCUT2D eigenvalue weighted by atomic mass is 32.2. The first kappa shape index (κ1) is 26.0. The van der Waals surface area contributed by atoms with Gasteiger partial charge in [0.1, 0.15) is 10.8 Å². The van der Waals surface area contributed by atoms with Crippen LogP contribution in [0.3, 0.4) is 0 Å². The molecule has 10 heteroatoms. The van der Waals surface area contributed by atoms with E-state index in [0.29, 0.717) is 39.8 Å². The molecule has 0 saturated carbocycles. The maximum Gasteiger partial charge on any atom is 0.341 e. The largest absolute Gasteiger partial charge is 0.496 e. The molecule has 4 rings (SSSR count). The number of ether oxygens (including phenoxy) is 2. The summed E-state index contributed by atoms with van der Waals surface area (Å²) in [5, 5.41) is 12.8. The lowest BCUT2D eigenvalue weighted by Gasteiger charge is -2.18. The minimum absolute atomic E-state index is 0.114. The molecule has 0 saturated heterocycles. The molecule has 8 nitrogen and oxygen atoms in total. The number of thiophene rings is 1. The Hall–Kier alpha value is -3.11. The van der Waals surface area contributed by atoms with Gasteiger partial charge in [-0.3, -0.25) is 9.36 Å². The zero-order chi connectivity index (χ0) is 25.7. The van der Waals surface area contributed by atoms with Crippen molar-refractivity contribution in [3.8, 4) is 17.1 Å². The monoisotopic (exact) mass is 526 g/mol. The summed E-state index contributed by atoms with van der Waals surface area (Å²) >= 11 is 2.76. The van der Waals surface area contributed by atoms with Crippen LogP contribution in [0.2, 0.25) is 0 Å². The molecule has 0 spiro atoms. The van der Waals surface area contributed by atoms with Crippen LogP contribution in [0.4, 0.5) is 5.00 Å². The molecule has 190 valence electrons. The predicted octanol–water partition coefficient (Wildman–Crippen LogP) is 5.23. The predicted molar refractivity (Wildman–Crippen MR) is 143 cm³/mol. The Morgan fingerprint density at radius 2 is 2.14 bits per heavy atom. The van der Waals surface area contributed by atoms with E-state index in [9.17, 15) is 9.59 Å². The standard InChI is InChI=1S/C26H30N4O4S2/c1-5-13-30-23(17-9-7-8-10-19(17)33-4)28-29-26(30)35-15-21(31)27-24-22(25(32)34-6-2)18-12-11-16(3)14-20(18)36-24/h5,7-10,16H,1,6,11-15H2,2-4H3,(H,27,31).